The summed E-state index contributed by atoms with van der Waals surface area (Å²) in [6.07, 6.45) is 1.87. The Balaban J connectivity index is 1.47. The maximum Gasteiger partial charge on any atom is 0.310 e. The molecule has 0 spiro atoms. The Morgan fingerprint density at radius 3 is 2.51 bits per heavy atom. The van der Waals surface area contributed by atoms with Crippen LogP contribution in [0.5, 0.6) is 5.75 Å². The number of esters is 1. The summed E-state index contributed by atoms with van der Waals surface area (Å²) < 4.78 is 17.9. The molecular weight excluding hydrogens is 468 g/mol. The van der Waals surface area contributed by atoms with Crippen molar-refractivity contribution in [2.45, 2.75) is 26.2 Å². The van der Waals surface area contributed by atoms with Crippen LogP contribution in [-0.2, 0) is 20.7 Å². The van der Waals surface area contributed by atoms with Gasteiger partial charge in [-0.2, -0.15) is 0 Å². The number of fused-ring (bicyclic) bond motifs is 1. The van der Waals surface area contributed by atoms with Crippen LogP contribution in [0.4, 0.5) is 0 Å². The van der Waals surface area contributed by atoms with E-state index in [2.05, 4.69) is 4.90 Å². The number of methoxy groups -OCH3 is 1. The first kappa shape index (κ1) is 25.2. The second kappa shape index (κ2) is 11.7. The van der Waals surface area contributed by atoms with Gasteiger partial charge in [0.2, 0.25) is 0 Å². The summed E-state index contributed by atoms with van der Waals surface area (Å²) in [6.45, 7) is 6.71. The maximum atomic E-state index is 13.4. The second-order valence-corrected chi connectivity index (χ2v) is 9.09. The van der Waals surface area contributed by atoms with E-state index in [4.69, 9.17) is 25.8 Å². The van der Waals surface area contributed by atoms with Crippen molar-refractivity contribution in [1.82, 2.24) is 9.47 Å². The van der Waals surface area contributed by atoms with E-state index in [0.717, 1.165) is 62.2 Å². The van der Waals surface area contributed by atoms with Gasteiger partial charge in [0, 0.05) is 34.8 Å². The van der Waals surface area contributed by atoms with Crippen molar-refractivity contribution in [1.29, 1.82) is 0 Å². The van der Waals surface area contributed by atoms with Crippen molar-refractivity contribution in [2.75, 3.05) is 46.6 Å². The van der Waals surface area contributed by atoms with Gasteiger partial charge in [-0.1, -0.05) is 11.6 Å². The topological polar surface area (TPSA) is 70.0 Å². The van der Waals surface area contributed by atoms with E-state index in [0.29, 0.717) is 28.6 Å². The number of ether oxygens (including phenoxy) is 3. The average molecular weight is 499 g/mol. The standard InChI is InChI=1S/C27H31ClN2O5/c1-19-23(18-26(31)35-14-4-3-11-29-12-15-34-16-13-29)24-17-22(33-2)9-10-25(24)30(19)27(32)20-5-7-21(28)8-6-20/h5-10,17H,3-4,11-16,18H2,1-2H3. The van der Waals surface area contributed by atoms with E-state index in [1.165, 1.54) is 0 Å². The van der Waals surface area contributed by atoms with Crippen LogP contribution in [-0.4, -0.2) is 67.9 Å². The molecular formula is C27H31ClN2O5. The van der Waals surface area contributed by atoms with Crippen LogP contribution in [0.25, 0.3) is 10.9 Å². The summed E-state index contributed by atoms with van der Waals surface area (Å²) in [5.41, 5.74) is 2.70. The molecule has 0 saturated carbocycles. The van der Waals surface area contributed by atoms with Crippen LogP contribution >= 0.6 is 11.6 Å². The number of morpholine rings is 1. The molecule has 3 aromatic rings. The van der Waals surface area contributed by atoms with E-state index < -0.39 is 0 Å². The minimum Gasteiger partial charge on any atom is -0.497 e. The van der Waals surface area contributed by atoms with E-state index in [-0.39, 0.29) is 18.3 Å². The minimum absolute atomic E-state index is 0.0832. The Morgan fingerprint density at radius 2 is 1.80 bits per heavy atom. The Labute approximate surface area is 210 Å². The van der Waals surface area contributed by atoms with Crippen LogP contribution in [0, 0.1) is 6.92 Å². The molecule has 4 rings (SSSR count). The highest BCUT2D eigenvalue weighted by molar-refractivity contribution is 6.30. The lowest BCUT2D eigenvalue weighted by Gasteiger charge is -2.26. The predicted molar refractivity (Wildman–Crippen MR) is 136 cm³/mol. The molecule has 8 heteroatoms. The fourth-order valence-corrected chi connectivity index (χ4v) is 4.57. The molecule has 1 aliphatic rings. The van der Waals surface area contributed by atoms with Crippen LogP contribution in [0.2, 0.25) is 5.02 Å². The molecule has 2 heterocycles. The molecule has 1 aromatic heterocycles. The number of aromatic nitrogens is 1. The molecule has 7 nitrogen and oxygen atoms in total. The highest BCUT2D eigenvalue weighted by Crippen LogP contribution is 2.31. The van der Waals surface area contributed by atoms with Crippen LogP contribution < -0.4 is 4.74 Å². The fraction of sp³-hybridized carbons (Fsp3) is 0.407. The predicted octanol–water partition coefficient (Wildman–Crippen LogP) is 4.50. The summed E-state index contributed by atoms with van der Waals surface area (Å²) in [7, 11) is 1.59. The van der Waals surface area contributed by atoms with Crippen molar-refractivity contribution in [3.8, 4) is 5.75 Å². The average Bonchev–Trinajstić information content (AvgIpc) is 3.14. The van der Waals surface area contributed by atoms with Crippen LogP contribution in [0.15, 0.2) is 42.5 Å². The van der Waals surface area contributed by atoms with Crippen molar-refractivity contribution < 1.29 is 23.8 Å². The number of hydrogen-bond acceptors (Lipinski definition) is 6. The molecule has 2 aromatic carbocycles. The normalized spacial score (nSPS) is 14.3. The molecule has 35 heavy (non-hydrogen) atoms. The van der Waals surface area contributed by atoms with Gasteiger partial charge in [0.05, 0.1) is 38.9 Å². The van der Waals surface area contributed by atoms with Gasteiger partial charge in [0.1, 0.15) is 5.75 Å². The Bertz CT molecular complexity index is 1180. The number of halogens is 1. The number of carbonyl (C=O) groups excluding carboxylic acids is 2. The van der Waals surface area contributed by atoms with Gasteiger partial charge in [-0.25, -0.2) is 0 Å². The lowest BCUT2D eigenvalue weighted by Crippen LogP contribution is -2.36. The number of nitrogens with zero attached hydrogens (tertiary/aromatic N) is 2. The Hall–Kier alpha value is -2.87. The fourth-order valence-electron chi connectivity index (χ4n) is 4.44. The maximum absolute atomic E-state index is 13.4. The summed E-state index contributed by atoms with van der Waals surface area (Å²) >= 11 is 5.99. The monoisotopic (exact) mass is 498 g/mol. The first-order valence-electron chi connectivity index (χ1n) is 11.9. The van der Waals surface area contributed by atoms with Crippen molar-refractivity contribution in [3.63, 3.8) is 0 Å². The van der Waals surface area contributed by atoms with E-state index in [9.17, 15) is 9.59 Å². The lowest BCUT2D eigenvalue weighted by molar-refractivity contribution is -0.142. The van der Waals surface area contributed by atoms with Crippen LogP contribution in [0.3, 0.4) is 0 Å². The summed E-state index contributed by atoms with van der Waals surface area (Å²) in [4.78, 5) is 28.5. The second-order valence-electron chi connectivity index (χ2n) is 8.65. The molecule has 1 aliphatic heterocycles. The summed E-state index contributed by atoms with van der Waals surface area (Å²) in [6, 6.07) is 12.3. The molecule has 1 fully saturated rings. The van der Waals surface area contributed by atoms with E-state index in [1.807, 2.05) is 25.1 Å². The van der Waals surface area contributed by atoms with Gasteiger partial charge in [-0.15, -0.1) is 0 Å². The third kappa shape index (κ3) is 6.04. The molecule has 186 valence electrons. The van der Waals surface area contributed by atoms with Crippen molar-refractivity contribution in [2.24, 2.45) is 0 Å². The SMILES string of the molecule is COc1ccc2c(c1)c(CC(=O)OCCCCN1CCOCC1)c(C)n2C(=O)c1ccc(Cl)cc1. The molecule has 0 bridgehead atoms. The van der Waals surface area contributed by atoms with Gasteiger partial charge >= 0.3 is 5.97 Å². The number of benzene rings is 2. The van der Waals surface area contributed by atoms with E-state index in [1.54, 1.807) is 35.9 Å². The Morgan fingerprint density at radius 1 is 1.06 bits per heavy atom. The third-order valence-corrected chi connectivity index (χ3v) is 6.64. The smallest absolute Gasteiger partial charge is 0.310 e. The van der Waals surface area contributed by atoms with Gasteiger partial charge < -0.3 is 14.2 Å². The van der Waals surface area contributed by atoms with E-state index >= 15 is 0 Å². The number of carbonyl (C=O) groups is 2. The largest absolute Gasteiger partial charge is 0.497 e. The van der Waals surface area contributed by atoms with Gasteiger partial charge in [-0.3, -0.25) is 19.1 Å². The zero-order valence-corrected chi connectivity index (χ0v) is 21.0. The third-order valence-electron chi connectivity index (χ3n) is 6.39. The first-order valence-corrected chi connectivity index (χ1v) is 12.3. The lowest BCUT2D eigenvalue weighted by atomic mass is 10.1. The molecule has 0 aliphatic carbocycles. The molecule has 1 saturated heterocycles. The van der Waals surface area contributed by atoms with Gasteiger partial charge in [-0.05, 0) is 74.3 Å². The zero-order valence-electron chi connectivity index (χ0n) is 20.2. The van der Waals surface area contributed by atoms with Gasteiger partial charge in [0.25, 0.3) is 5.91 Å². The van der Waals surface area contributed by atoms with Crippen LogP contribution in [0.1, 0.15) is 34.5 Å². The number of unbranched alkanes of at least 4 members (excludes halogenated alkanes) is 1. The number of rotatable bonds is 9. The molecule has 0 amide bonds. The first-order chi connectivity index (χ1) is 17.0. The molecule has 0 unspecified atom stereocenters. The highest BCUT2D eigenvalue weighted by atomic mass is 35.5. The molecule has 0 atom stereocenters. The highest BCUT2D eigenvalue weighted by Gasteiger charge is 2.22. The van der Waals surface area contributed by atoms with Crippen molar-refractivity contribution in [3.05, 3.63) is 64.3 Å². The number of hydrogen-bond donors (Lipinski definition) is 0. The Kier molecular flexibility index (Phi) is 8.44. The molecule has 0 N–H and O–H groups in total. The minimum atomic E-state index is -0.305. The van der Waals surface area contributed by atoms with Gasteiger partial charge in [0.15, 0.2) is 0 Å². The molecule has 0 radical (unpaired) electrons. The quantitative estimate of drug-likeness (QED) is 0.319. The van der Waals surface area contributed by atoms with Crippen molar-refractivity contribution >= 4 is 34.4 Å². The zero-order chi connectivity index (χ0) is 24.8. The summed E-state index contributed by atoms with van der Waals surface area (Å²) in [5.74, 6) is 0.170. The summed E-state index contributed by atoms with van der Waals surface area (Å²) in [5, 5.41) is 1.36.